The SMILES string of the molecule is Cc1ccc(N=C2Nc3ccccc3N3C2=Nc2c(c(C)nn2-c2ccccc2)C3c2cccc(Br)c2)c(C)c1. The summed E-state index contributed by atoms with van der Waals surface area (Å²) >= 11 is 3.71. The first-order valence-corrected chi connectivity index (χ1v) is 14.1. The van der Waals surface area contributed by atoms with Gasteiger partial charge in [-0.1, -0.05) is 76.1 Å². The monoisotopic (exact) mass is 586 g/mol. The van der Waals surface area contributed by atoms with Crippen LogP contribution >= 0.6 is 15.9 Å². The highest BCUT2D eigenvalue weighted by Crippen LogP contribution is 2.48. The average molecular weight is 588 g/mol. The lowest BCUT2D eigenvalue weighted by Crippen LogP contribution is -2.48. The van der Waals surface area contributed by atoms with Crippen molar-refractivity contribution in [3.05, 3.63) is 129 Å². The van der Waals surface area contributed by atoms with Gasteiger partial charge in [-0.3, -0.25) is 0 Å². The predicted octanol–water partition coefficient (Wildman–Crippen LogP) is 8.36. The minimum Gasteiger partial charge on any atom is -0.335 e. The van der Waals surface area contributed by atoms with E-state index in [0.29, 0.717) is 5.84 Å². The maximum Gasteiger partial charge on any atom is 0.179 e. The smallest absolute Gasteiger partial charge is 0.179 e. The number of hydrogen-bond donors (Lipinski definition) is 1. The Morgan fingerprint density at radius 3 is 2.45 bits per heavy atom. The zero-order chi connectivity index (χ0) is 27.4. The summed E-state index contributed by atoms with van der Waals surface area (Å²) in [5, 5.41) is 8.62. The van der Waals surface area contributed by atoms with Crippen LogP contribution in [0.2, 0.25) is 0 Å². The number of hydrogen-bond acceptors (Lipinski definition) is 4. The van der Waals surface area contributed by atoms with Gasteiger partial charge in [-0.05, 0) is 74.4 Å². The Labute approximate surface area is 241 Å². The molecule has 7 heteroatoms. The predicted molar refractivity (Wildman–Crippen MR) is 167 cm³/mol. The second-order valence-corrected chi connectivity index (χ2v) is 11.1. The van der Waals surface area contributed by atoms with Gasteiger partial charge in [0.1, 0.15) is 0 Å². The summed E-state index contributed by atoms with van der Waals surface area (Å²) in [7, 11) is 0. The molecule has 0 radical (unpaired) electrons. The Morgan fingerprint density at radius 1 is 0.850 bits per heavy atom. The largest absolute Gasteiger partial charge is 0.335 e. The zero-order valence-corrected chi connectivity index (χ0v) is 24.0. The number of rotatable bonds is 3. The molecule has 0 aliphatic carbocycles. The number of amidine groups is 2. The molecule has 6 nitrogen and oxygen atoms in total. The van der Waals surface area contributed by atoms with Gasteiger partial charge in [0.25, 0.3) is 0 Å². The van der Waals surface area contributed by atoms with Gasteiger partial charge in [-0.15, -0.1) is 0 Å². The Morgan fingerprint density at radius 2 is 1.65 bits per heavy atom. The van der Waals surface area contributed by atoms with Crippen molar-refractivity contribution in [1.29, 1.82) is 0 Å². The summed E-state index contributed by atoms with van der Waals surface area (Å²) in [5.41, 5.74) is 9.39. The van der Waals surface area contributed by atoms with Crippen molar-refractivity contribution in [3.8, 4) is 5.69 Å². The molecule has 0 bridgehead atoms. The maximum absolute atomic E-state index is 5.32. The van der Waals surface area contributed by atoms with Gasteiger partial charge in [0.2, 0.25) is 0 Å². The number of fused-ring (bicyclic) bond motifs is 4. The topological polar surface area (TPSA) is 57.8 Å². The molecule has 0 amide bonds. The molecule has 5 aromatic rings. The average Bonchev–Trinajstić information content (AvgIpc) is 3.30. The van der Waals surface area contributed by atoms with Gasteiger partial charge in [0, 0.05) is 10.0 Å². The molecule has 2 aliphatic heterocycles. The summed E-state index contributed by atoms with van der Waals surface area (Å²) in [6.07, 6.45) is 0. The summed E-state index contributed by atoms with van der Waals surface area (Å²) in [4.78, 5) is 12.8. The fourth-order valence-electron chi connectivity index (χ4n) is 5.62. The third-order valence-corrected chi connectivity index (χ3v) is 7.92. The second-order valence-electron chi connectivity index (χ2n) is 10.2. The molecule has 7 rings (SSSR count). The minimum absolute atomic E-state index is 0.162. The van der Waals surface area contributed by atoms with Crippen molar-refractivity contribution < 1.29 is 0 Å². The van der Waals surface area contributed by atoms with Gasteiger partial charge in [-0.2, -0.15) is 5.10 Å². The number of nitrogens with zero attached hydrogens (tertiary/aromatic N) is 5. The van der Waals surface area contributed by atoms with Crippen LogP contribution in [0.3, 0.4) is 0 Å². The second kappa shape index (κ2) is 9.61. The molecule has 2 aliphatic rings. The Bertz CT molecular complexity index is 1840. The van der Waals surface area contributed by atoms with Crippen LogP contribution in [0.25, 0.3) is 5.69 Å². The van der Waals surface area contributed by atoms with E-state index in [1.165, 1.54) is 5.56 Å². The fourth-order valence-corrected chi connectivity index (χ4v) is 6.04. The number of aromatic nitrogens is 2. The van der Waals surface area contributed by atoms with Crippen LogP contribution in [0.5, 0.6) is 0 Å². The van der Waals surface area contributed by atoms with Gasteiger partial charge >= 0.3 is 0 Å². The lowest BCUT2D eigenvalue weighted by molar-refractivity contribution is 0.815. The van der Waals surface area contributed by atoms with Crippen molar-refractivity contribution in [2.45, 2.75) is 26.8 Å². The molecular weight excluding hydrogens is 560 g/mol. The number of anilines is 2. The minimum atomic E-state index is -0.162. The van der Waals surface area contributed by atoms with Crippen molar-refractivity contribution >= 4 is 50.5 Å². The first-order valence-electron chi connectivity index (χ1n) is 13.3. The highest BCUT2D eigenvalue weighted by Gasteiger charge is 2.41. The fraction of sp³-hybridized carbons (Fsp3) is 0.121. The molecule has 40 heavy (non-hydrogen) atoms. The van der Waals surface area contributed by atoms with E-state index < -0.39 is 0 Å². The standard InChI is InChI=1S/C33H27BrN6/c1-20-16-17-26(21(2)18-20)35-31-33-37-32-29(22(3)38-40(32)25-12-5-4-6-13-25)30(23-10-9-11-24(34)19-23)39(33)28-15-8-7-14-27(28)36-31/h4-19,30H,1-3H3,(H,35,36). The molecular formula is C33H27BrN6. The maximum atomic E-state index is 5.32. The molecule has 3 heterocycles. The molecule has 1 N–H and O–H groups in total. The summed E-state index contributed by atoms with van der Waals surface area (Å²) in [5.74, 6) is 2.28. The number of halogens is 1. The quantitative estimate of drug-likeness (QED) is 0.231. The van der Waals surface area contributed by atoms with E-state index >= 15 is 0 Å². The summed E-state index contributed by atoms with van der Waals surface area (Å²) < 4.78 is 2.98. The third kappa shape index (κ3) is 4.05. The van der Waals surface area contributed by atoms with Crippen molar-refractivity contribution in [2.75, 3.05) is 10.2 Å². The van der Waals surface area contributed by atoms with Gasteiger partial charge in [0.05, 0.1) is 34.5 Å². The first-order chi connectivity index (χ1) is 19.5. The summed E-state index contributed by atoms with van der Waals surface area (Å²) in [6, 6.07) is 33.2. The van der Waals surface area contributed by atoms with Crippen LogP contribution in [0.4, 0.5) is 22.9 Å². The number of aryl methyl sites for hydroxylation is 3. The van der Waals surface area contributed by atoms with Crippen LogP contribution in [-0.4, -0.2) is 21.5 Å². The Kier molecular flexibility index (Phi) is 5.90. The van der Waals surface area contributed by atoms with Crippen LogP contribution in [0.15, 0.2) is 112 Å². The number of para-hydroxylation sites is 3. The molecule has 1 atom stereocenters. The van der Waals surface area contributed by atoms with E-state index in [4.69, 9.17) is 15.1 Å². The van der Waals surface area contributed by atoms with E-state index in [-0.39, 0.29) is 6.04 Å². The molecule has 4 aromatic carbocycles. The zero-order valence-electron chi connectivity index (χ0n) is 22.4. The van der Waals surface area contributed by atoms with Crippen molar-refractivity contribution in [1.82, 2.24) is 9.78 Å². The van der Waals surface area contributed by atoms with Crippen LogP contribution in [0, 0.1) is 20.8 Å². The third-order valence-electron chi connectivity index (χ3n) is 7.43. The van der Waals surface area contributed by atoms with Crippen LogP contribution in [-0.2, 0) is 0 Å². The first kappa shape index (κ1) is 24.5. The number of nitrogens with one attached hydrogen (secondary N) is 1. The molecule has 196 valence electrons. The number of benzene rings is 4. The Hall–Kier alpha value is -4.49. The van der Waals surface area contributed by atoms with Gasteiger partial charge < -0.3 is 10.2 Å². The lowest BCUT2D eigenvalue weighted by atomic mass is 9.93. The molecule has 0 saturated carbocycles. The van der Waals surface area contributed by atoms with E-state index in [1.54, 1.807) is 0 Å². The lowest BCUT2D eigenvalue weighted by Gasteiger charge is -2.42. The Balaban J connectivity index is 1.54. The van der Waals surface area contributed by atoms with Crippen molar-refractivity contribution in [2.24, 2.45) is 9.98 Å². The molecule has 0 saturated heterocycles. The highest BCUT2D eigenvalue weighted by atomic mass is 79.9. The summed E-state index contributed by atoms with van der Waals surface area (Å²) in [6.45, 7) is 6.27. The van der Waals surface area contributed by atoms with Crippen molar-refractivity contribution in [3.63, 3.8) is 0 Å². The van der Waals surface area contributed by atoms with Gasteiger partial charge in [-0.25, -0.2) is 14.7 Å². The molecule has 1 unspecified atom stereocenters. The van der Waals surface area contributed by atoms with E-state index in [9.17, 15) is 0 Å². The highest BCUT2D eigenvalue weighted by molar-refractivity contribution is 9.10. The van der Waals surface area contributed by atoms with E-state index in [2.05, 4.69) is 120 Å². The van der Waals surface area contributed by atoms with Crippen LogP contribution in [0.1, 0.15) is 34.0 Å². The van der Waals surface area contributed by atoms with E-state index in [0.717, 1.165) is 61.3 Å². The number of aliphatic imine (C=N–C) groups is 2. The molecule has 0 fully saturated rings. The van der Waals surface area contributed by atoms with Crippen LogP contribution < -0.4 is 10.2 Å². The van der Waals surface area contributed by atoms with E-state index in [1.807, 2.05) is 28.9 Å². The molecule has 0 spiro atoms. The molecule has 1 aromatic heterocycles. The normalized spacial score (nSPS) is 16.6. The van der Waals surface area contributed by atoms with Gasteiger partial charge in [0.15, 0.2) is 17.5 Å².